The molecule has 2 aromatic carbocycles. The van der Waals surface area contributed by atoms with Gasteiger partial charge < -0.3 is 14.6 Å². The summed E-state index contributed by atoms with van der Waals surface area (Å²) < 4.78 is 11.2. The molecule has 0 radical (unpaired) electrons. The number of ether oxygens (including phenoxy) is 2. The summed E-state index contributed by atoms with van der Waals surface area (Å²) in [6.07, 6.45) is 0.986. The van der Waals surface area contributed by atoms with Crippen LogP contribution in [0.1, 0.15) is 50.0 Å². The lowest BCUT2D eigenvalue weighted by Gasteiger charge is -2.11. The third kappa shape index (κ3) is 5.80. The van der Waals surface area contributed by atoms with E-state index in [4.69, 9.17) is 9.47 Å². The van der Waals surface area contributed by atoms with Crippen LogP contribution in [0.3, 0.4) is 0 Å². The molecule has 0 aliphatic rings. The predicted octanol–water partition coefficient (Wildman–Crippen LogP) is 5.08. The second-order valence-electron chi connectivity index (χ2n) is 7.27. The third-order valence-corrected chi connectivity index (χ3v) is 3.88. The van der Waals surface area contributed by atoms with Crippen LogP contribution in [0.25, 0.3) is 0 Å². The Bertz CT molecular complexity index is 717. The van der Waals surface area contributed by atoms with Crippen molar-refractivity contribution in [1.29, 1.82) is 0 Å². The number of rotatable bonds is 9. The fourth-order valence-corrected chi connectivity index (χ4v) is 2.33. The summed E-state index contributed by atoms with van der Waals surface area (Å²) in [5.41, 5.74) is 0.766. The topological polar surface area (TPSA) is 55.8 Å². The number of ketones is 1. The van der Waals surface area contributed by atoms with Crippen LogP contribution in [-0.4, -0.2) is 24.1 Å². The molecule has 0 saturated heterocycles. The number of carbonyl (C=O) groups excluding carboxylic acids is 1. The molecule has 1 N–H and O–H groups in total. The van der Waals surface area contributed by atoms with E-state index in [1.807, 2.05) is 13.8 Å². The van der Waals surface area contributed by atoms with Gasteiger partial charge in [0.1, 0.15) is 17.2 Å². The molecule has 0 saturated carbocycles. The SMILES string of the molecule is CC(C)CCOc1ccc(C(=O)c2ccc(OCC(C)C)cc2O)cc1. The fraction of sp³-hybridized carbons (Fsp3) is 0.409. The van der Waals surface area contributed by atoms with E-state index >= 15 is 0 Å². The van der Waals surface area contributed by atoms with Gasteiger partial charge in [0.25, 0.3) is 0 Å². The van der Waals surface area contributed by atoms with E-state index in [0.717, 1.165) is 12.2 Å². The van der Waals surface area contributed by atoms with Gasteiger partial charge in [0.05, 0.1) is 18.8 Å². The van der Waals surface area contributed by atoms with Crippen molar-refractivity contribution in [2.75, 3.05) is 13.2 Å². The minimum absolute atomic E-state index is 0.0754. The Hall–Kier alpha value is -2.49. The van der Waals surface area contributed by atoms with Crippen molar-refractivity contribution >= 4 is 5.78 Å². The van der Waals surface area contributed by atoms with Crippen LogP contribution in [0.4, 0.5) is 0 Å². The Morgan fingerprint density at radius 3 is 2.15 bits per heavy atom. The van der Waals surface area contributed by atoms with Crippen molar-refractivity contribution in [3.8, 4) is 17.2 Å². The summed E-state index contributed by atoms with van der Waals surface area (Å²) in [6, 6.07) is 11.8. The fourth-order valence-electron chi connectivity index (χ4n) is 2.33. The molecule has 2 rings (SSSR count). The zero-order valence-corrected chi connectivity index (χ0v) is 16.0. The highest BCUT2D eigenvalue weighted by Crippen LogP contribution is 2.27. The highest BCUT2D eigenvalue weighted by Gasteiger charge is 2.14. The summed E-state index contributed by atoms with van der Waals surface area (Å²) in [5.74, 6) is 1.97. The van der Waals surface area contributed by atoms with Crippen LogP contribution in [0.2, 0.25) is 0 Å². The number of aromatic hydroxyl groups is 1. The van der Waals surface area contributed by atoms with Gasteiger partial charge in [0.2, 0.25) is 0 Å². The van der Waals surface area contributed by atoms with Gasteiger partial charge >= 0.3 is 0 Å². The van der Waals surface area contributed by atoms with E-state index < -0.39 is 0 Å². The molecule has 26 heavy (non-hydrogen) atoms. The summed E-state index contributed by atoms with van der Waals surface area (Å²) in [5, 5.41) is 10.2. The van der Waals surface area contributed by atoms with E-state index in [0.29, 0.717) is 36.4 Å². The van der Waals surface area contributed by atoms with Crippen molar-refractivity contribution in [2.45, 2.75) is 34.1 Å². The Kier molecular flexibility index (Phi) is 7.07. The van der Waals surface area contributed by atoms with Gasteiger partial charge in [0.15, 0.2) is 5.78 Å². The van der Waals surface area contributed by atoms with Gasteiger partial charge in [-0.3, -0.25) is 4.79 Å². The molecule has 0 spiro atoms. The molecule has 0 fully saturated rings. The molecule has 0 aliphatic carbocycles. The monoisotopic (exact) mass is 356 g/mol. The maximum absolute atomic E-state index is 12.6. The van der Waals surface area contributed by atoms with Crippen molar-refractivity contribution < 1.29 is 19.4 Å². The van der Waals surface area contributed by atoms with Crippen LogP contribution >= 0.6 is 0 Å². The molecule has 0 bridgehead atoms. The number of hydrogen-bond acceptors (Lipinski definition) is 4. The Labute approximate surface area is 155 Å². The quantitative estimate of drug-likeness (QED) is 0.636. The van der Waals surface area contributed by atoms with E-state index in [-0.39, 0.29) is 17.1 Å². The van der Waals surface area contributed by atoms with Crippen LogP contribution in [0.5, 0.6) is 17.2 Å². The lowest BCUT2D eigenvalue weighted by molar-refractivity contribution is 0.103. The van der Waals surface area contributed by atoms with E-state index in [2.05, 4.69) is 13.8 Å². The molecule has 0 atom stereocenters. The molecule has 0 aliphatic heterocycles. The third-order valence-electron chi connectivity index (χ3n) is 3.88. The van der Waals surface area contributed by atoms with Crippen molar-refractivity contribution in [1.82, 2.24) is 0 Å². The van der Waals surface area contributed by atoms with Crippen molar-refractivity contribution in [3.63, 3.8) is 0 Å². The Morgan fingerprint density at radius 1 is 0.923 bits per heavy atom. The molecular formula is C22H28O4. The lowest BCUT2D eigenvalue weighted by Crippen LogP contribution is -2.06. The zero-order chi connectivity index (χ0) is 19.1. The molecule has 0 heterocycles. The molecule has 4 heteroatoms. The summed E-state index contributed by atoms with van der Waals surface area (Å²) in [7, 11) is 0. The smallest absolute Gasteiger partial charge is 0.196 e. The average molecular weight is 356 g/mol. The molecule has 0 amide bonds. The first-order chi connectivity index (χ1) is 12.4. The maximum atomic E-state index is 12.6. The van der Waals surface area contributed by atoms with Crippen molar-refractivity contribution in [2.24, 2.45) is 11.8 Å². The minimum Gasteiger partial charge on any atom is -0.507 e. The summed E-state index contributed by atoms with van der Waals surface area (Å²) in [6.45, 7) is 9.62. The zero-order valence-electron chi connectivity index (χ0n) is 16.0. The Morgan fingerprint density at radius 2 is 1.58 bits per heavy atom. The molecule has 2 aromatic rings. The predicted molar refractivity (Wildman–Crippen MR) is 103 cm³/mol. The maximum Gasteiger partial charge on any atom is 0.196 e. The van der Waals surface area contributed by atoms with E-state index in [1.54, 1.807) is 36.4 Å². The van der Waals surface area contributed by atoms with Gasteiger partial charge in [-0.05, 0) is 54.7 Å². The van der Waals surface area contributed by atoms with E-state index in [9.17, 15) is 9.90 Å². The number of phenols is 1. The summed E-state index contributed by atoms with van der Waals surface area (Å²) in [4.78, 5) is 12.6. The number of carbonyl (C=O) groups is 1. The molecule has 0 unspecified atom stereocenters. The van der Waals surface area contributed by atoms with Crippen molar-refractivity contribution in [3.05, 3.63) is 53.6 Å². The van der Waals surface area contributed by atoms with Crippen LogP contribution in [0, 0.1) is 11.8 Å². The summed E-state index contributed by atoms with van der Waals surface area (Å²) >= 11 is 0. The van der Waals surface area contributed by atoms with Gasteiger partial charge in [-0.2, -0.15) is 0 Å². The lowest BCUT2D eigenvalue weighted by atomic mass is 10.0. The van der Waals surface area contributed by atoms with Gasteiger partial charge in [-0.1, -0.05) is 27.7 Å². The first-order valence-electron chi connectivity index (χ1n) is 9.10. The normalized spacial score (nSPS) is 11.0. The number of hydrogen-bond donors (Lipinski definition) is 1. The highest BCUT2D eigenvalue weighted by molar-refractivity contribution is 6.10. The molecule has 0 aromatic heterocycles. The molecule has 140 valence electrons. The minimum atomic E-state index is -0.230. The largest absolute Gasteiger partial charge is 0.507 e. The first kappa shape index (κ1) is 19.8. The second-order valence-corrected chi connectivity index (χ2v) is 7.27. The van der Waals surface area contributed by atoms with Crippen LogP contribution < -0.4 is 9.47 Å². The second kappa shape index (κ2) is 9.27. The average Bonchev–Trinajstić information content (AvgIpc) is 2.60. The van der Waals surface area contributed by atoms with Gasteiger partial charge in [-0.15, -0.1) is 0 Å². The first-order valence-corrected chi connectivity index (χ1v) is 9.10. The molecule has 4 nitrogen and oxygen atoms in total. The van der Waals surface area contributed by atoms with Crippen LogP contribution in [-0.2, 0) is 0 Å². The molecular weight excluding hydrogens is 328 g/mol. The van der Waals surface area contributed by atoms with Crippen LogP contribution in [0.15, 0.2) is 42.5 Å². The number of benzene rings is 2. The number of phenolic OH excluding ortho intramolecular Hbond substituents is 1. The van der Waals surface area contributed by atoms with Gasteiger partial charge in [-0.25, -0.2) is 0 Å². The van der Waals surface area contributed by atoms with Gasteiger partial charge in [0, 0.05) is 11.6 Å². The Balaban J connectivity index is 2.04. The van der Waals surface area contributed by atoms with E-state index in [1.165, 1.54) is 6.07 Å². The highest BCUT2D eigenvalue weighted by atomic mass is 16.5. The standard InChI is InChI=1S/C22H28O4/c1-15(2)11-12-25-18-7-5-17(6-8-18)22(24)20-10-9-19(13-21(20)23)26-14-16(3)4/h5-10,13,15-16,23H,11-12,14H2,1-4H3.